The molecule has 1 saturated heterocycles. The lowest BCUT2D eigenvalue weighted by Crippen LogP contribution is -2.20. The number of aromatic nitrogens is 2. The molecule has 1 fully saturated rings. The highest BCUT2D eigenvalue weighted by atomic mass is 19.3. The van der Waals surface area contributed by atoms with Crippen LogP contribution in [0.25, 0.3) is 0 Å². The van der Waals surface area contributed by atoms with E-state index in [1.165, 1.54) is 12.3 Å². The van der Waals surface area contributed by atoms with Crippen LogP contribution >= 0.6 is 0 Å². The third-order valence-corrected chi connectivity index (χ3v) is 2.28. The number of alkyl halides is 2. The van der Waals surface area contributed by atoms with Crippen LogP contribution in [0.2, 0.25) is 0 Å². The Labute approximate surface area is 80.8 Å². The van der Waals surface area contributed by atoms with E-state index < -0.39 is 6.43 Å². The number of anilines is 1. The second kappa shape index (κ2) is 3.86. The summed E-state index contributed by atoms with van der Waals surface area (Å²) in [5.74, 6) is 0.431. The summed E-state index contributed by atoms with van der Waals surface area (Å²) >= 11 is 0. The van der Waals surface area contributed by atoms with Gasteiger partial charge in [0, 0.05) is 19.3 Å². The number of hydrogen-bond acceptors (Lipinski definition) is 3. The van der Waals surface area contributed by atoms with E-state index in [0.717, 1.165) is 25.9 Å². The molecule has 76 valence electrons. The number of hydrogen-bond donors (Lipinski definition) is 0. The highest BCUT2D eigenvalue weighted by molar-refractivity contribution is 5.31. The second-order valence-corrected chi connectivity index (χ2v) is 3.28. The van der Waals surface area contributed by atoms with Crippen LogP contribution in [0.15, 0.2) is 12.3 Å². The standard InChI is InChI=1S/C9H11F2N3/c10-8(11)7-3-4-12-9(13-7)14-5-1-2-6-14/h3-4,8H,1-2,5-6H2. The summed E-state index contributed by atoms with van der Waals surface area (Å²) in [4.78, 5) is 9.74. The molecule has 5 heteroatoms. The molecule has 2 heterocycles. The van der Waals surface area contributed by atoms with Crippen molar-refractivity contribution in [3.8, 4) is 0 Å². The molecule has 3 nitrogen and oxygen atoms in total. The van der Waals surface area contributed by atoms with Gasteiger partial charge < -0.3 is 4.90 Å². The van der Waals surface area contributed by atoms with Crippen molar-refractivity contribution in [1.82, 2.24) is 9.97 Å². The molecule has 1 aliphatic heterocycles. The maximum Gasteiger partial charge on any atom is 0.280 e. The van der Waals surface area contributed by atoms with Gasteiger partial charge in [-0.15, -0.1) is 0 Å². The van der Waals surface area contributed by atoms with E-state index in [2.05, 4.69) is 9.97 Å². The van der Waals surface area contributed by atoms with Crippen LogP contribution in [-0.4, -0.2) is 23.1 Å². The summed E-state index contributed by atoms with van der Waals surface area (Å²) in [5, 5.41) is 0. The van der Waals surface area contributed by atoms with Crippen molar-refractivity contribution in [2.75, 3.05) is 18.0 Å². The molecule has 1 aromatic rings. The minimum Gasteiger partial charge on any atom is -0.341 e. The minimum absolute atomic E-state index is 0.193. The lowest BCUT2D eigenvalue weighted by Gasteiger charge is -2.14. The van der Waals surface area contributed by atoms with Crippen molar-refractivity contribution in [2.24, 2.45) is 0 Å². The van der Waals surface area contributed by atoms with Gasteiger partial charge in [0.05, 0.1) is 0 Å². The molecule has 0 spiro atoms. The number of nitrogens with zero attached hydrogens (tertiary/aromatic N) is 3. The zero-order valence-electron chi connectivity index (χ0n) is 7.66. The second-order valence-electron chi connectivity index (χ2n) is 3.28. The summed E-state index contributed by atoms with van der Waals surface area (Å²) in [6, 6.07) is 1.25. The zero-order valence-corrected chi connectivity index (χ0v) is 7.66. The highest BCUT2D eigenvalue weighted by Crippen LogP contribution is 2.20. The largest absolute Gasteiger partial charge is 0.341 e. The first-order valence-electron chi connectivity index (χ1n) is 4.63. The Morgan fingerprint density at radius 3 is 2.64 bits per heavy atom. The summed E-state index contributed by atoms with van der Waals surface area (Å²) in [6.07, 6.45) is 1.05. The minimum atomic E-state index is -2.51. The summed E-state index contributed by atoms with van der Waals surface area (Å²) in [5.41, 5.74) is -0.193. The molecule has 0 radical (unpaired) electrons. The molecular weight excluding hydrogens is 188 g/mol. The average molecular weight is 199 g/mol. The molecule has 0 amide bonds. The highest BCUT2D eigenvalue weighted by Gasteiger charge is 2.17. The van der Waals surface area contributed by atoms with E-state index in [9.17, 15) is 8.78 Å². The first-order valence-corrected chi connectivity index (χ1v) is 4.63. The van der Waals surface area contributed by atoms with E-state index >= 15 is 0 Å². The van der Waals surface area contributed by atoms with Crippen LogP contribution in [0.5, 0.6) is 0 Å². The zero-order chi connectivity index (χ0) is 9.97. The van der Waals surface area contributed by atoms with Crippen molar-refractivity contribution in [2.45, 2.75) is 19.3 Å². The Morgan fingerprint density at radius 1 is 1.29 bits per heavy atom. The third-order valence-electron chi connectivity index (χ3n) is 2.28. The normalized spacial score (nSPS) is 16.6. The van der Waals surface area contributed by atoms with Gasteiger partial charge in [0.15, 0.2) is 0 Å². The van der Waals surface area contributed by atoms with E-state index in [1.807, 2.05) is 4.90 Å². The van der Waals surface area contributed by atoms with Crippen LogP contribution < -0.4 is 4.90 Å². The third kappa shape index (κ3) is 1.81. The SMILES string of the molecule is FC(F)c1ccnc(N2CCCC2)n1. The van der Waals surface area contributed by atoms with Gasteiger partial charge in [-0.1, -0.05) is 0 Å². The fraction of sp³-hybridized carbons (Fsp3) is 0.556. The molecule has 0 atom stereocenters. The Morgan fingerprint density at radius 2 is 2.00 bits per heavy atom. The van der Waals surface area contributed by atoms with Gasteiger partial charge >= 0.3 is 0 Å². The first-order chi connectivity index (χ1) is 6.77. The smallest absolute Gasteiger partial charge is 0.280 e. The molecule has 0 N–H and O–H groups in total. The molecule has 0 bridgehead atoms. The van der Waals surface area contributed by atoms with Crippen molar-refractivity contribution in [1.29, 1.82) is 0 Å². The lowest BCUT2D eigenvalue weighted by atomic mass is 10.4. The van der Waals surface area contributed by atoms with Gasteiger partial charge in [0.25, 0.3) is 6.43 Å². The van der Waals surface area contributed by atoms with E-state index in [1.54, 1.807) is 0 Å². The molecule has 0 saturated carbocycles. The van der Waals surface area contributed by atoms with Gasteiger partial charge in [0.2, 0.25) is 5.95 Å². The molecular formula is C9H11F2N3. The van der Waals surface area contributed by atoms with Crippen molar-refractivity contribution >= 4 is 5.95 Å². The van der Waals surface area contributed by atoms with Crippen molar-refractivity contribution < 1.29 is 8.78 Å². The van der Waals surface area contributed by atoms with Crippen LogP contribution in [0.3, 0.4) is 0 Å². The lowest BCUT2D eigenvalue weighted by molar-refractivity contribution is 0.146. The first kappa shape index (κ1) is 9.30. The van der Waals surface area contributed by atoms with Crippen molar-refractivity contribution in [3.05, 3.63) is 18.0 Å². The quantitative estimate of drug-likeness (QED) is 0.729. The van der Waals surface area contributed by atoms with E-state index in [-0.39, 0.29) is 5.69 Å². The predicted molar refractivity (Wildman–Crippen MR) is 48.4 cm³/mol. The van der Waals surface area contributed by atoms with Crippen molar-refractivity contribution in [3.63, 3.8) is 0 Å². The van der Waals surface area contributed by atoms with Gasteiger partial charge in [-0.2, -0.15) is 0 Å². The Kier molecular flexibility index (Phi) is 2.56. The molecule has 0 unspecified atom stereocenters. The van der Waals surface area contributed by atoms with Crippen LogP contribution in [-0.2, 0) is 0 Å². The van der Waals surface area contributed by atoms with E-state index in [0.29, 0.717) is 5.95 Å². The monoisotopic (exact) mass is 199 g/mol. The number of halogens is 2. The molecule has 1 aliphatic rings. The Hall–Kier alpha value is -1.26. The molecule has 2 rings (SSSR count). The molecule has 0 aromatic carbocycles. The van der Waals surface area contributed by atoms with E-state index in [4.69, 9.17) is 0 Å². The Bertz CT molecular complexity index is 311. The average Bonchev–Trinajstić information content (AvgIpc) is 2.71. The fourth-order valence-corrected chi connectivity index (χ4v) is 1.55. The van der Waals surface area contributed by atoms with Crippen LogP contribution in [0.1, 0.15) is 25.0 Å². The number of rotatable bonds is 2. The van der Waals surface area contributed by atoms with Gasteiger partial charge in [-0.3, -0.25) is 0 Å². The summed E-state index contributed by atoms with van der Waals surface area (Å²) in [7, 11) is 0. The van der Waals surface area contributed by atoms with Gasteiger partial charge in [-0.25, -0.2) is 18.7 Å². The summed E-state index contributed by atoms with van der Waals surface area (Å²) in [6.45, 7) is 1.74. The molecule has 1 aromatic heterocycles. The maximum atomic E-state index is 12.3. The van der Waals surface area contributed by atoms with Gasteiger partial charge in [0.1, 0.15) is 5.69 Å². The topological polar surface area (TPSA) is 29.0 Å². The van der Waals surface area contributed by atoms with Crippen LogP contribution in [0, 0.1) is 0 Å². The molecule has 0 aliphatic carbocycles. The maximum absolute atomic E-state index is 12.3. The predicted octanol–water partition coefficient (Wildman–Crippen LogP) is 2.01. The Balaban J connectivity index is 2.21. The van der Waals surface area contributed by atoms with Crippen LogP contribution in [0.4, 0.5) is 14.7 Å². The molecule has 14 heavy (non-hydrogen) atoms. The fourth-order valence-electron chi connectivity index (χ4n) is 1.55. The van der Waals surface area contributed by atoms with Gasteiger partial charge in [-0.05, 0) is 18.9 Å². The summed E-state index contributed by atoms with van der Waals surface area (Å²) < 4.78 is 24.7.